The Bertz CT molecular complexity index is 192. The minimum absolute atomic E-state index is 0.126. The molecular weight excluding hydrogens is 192 g/mol. The Morgan fingerprint density at radius 3 is 2.38 bits per heavy atom. The number of amidine groups is 1. The average Bonchev–Trinajstić information content (AvgIpc) is 2.16. The Kier molecular flexibility index (Phi) is 5.13. The number of carbonyl (C=O) groups excluding carboxylic acids is 2. The molecular formula is C7H12N2O3S. The summed E-state index contributed by atoms with van der Waals surface area (Å²) in [6, 6.07) is 0. The molecule has 0 heterocycles. The smallest absolute Gasteiger partial charge is 0.422 e. The number of rotatable bonds is 1. The zero-order chi connectivity index (χ0) is 10.4. The van der Waals surface area contributed by atoms with Crippen molar-refractivity contribution in [3.63, 3.8) is 0 Å². The van der Waals surface area contributed by atoms with Crippen LogP contribution in [0.3, 0.4) is 0 Å². The van der Waals surface area contributed by atoms with Gasteiger partial charge in [0.25, 0.3) is 0 Å². The maximum atomic E-state index is 11.2. The van der Waals surface area contributed by atoms with Crippen LogP contribution in [0.1, 0.15) is 13.3 Å². The van der Waals surface area contributed by atoms with Crippen LogP contribution < -0.4 is 0 Å². The van der Waals surface area contributed by atoms with E-state index in [1.54, 1.807) is 13.2 Å². The van der Waals surface area contributed by atoms with E-state index in [9.17, 15) is 9.59 Å². The summed E-state index contributed by atoms with van der Waals surface area (Å²) in [5.41, 5.74) is 0. The van der Waals surface area contributed by atoms with Crippen molar-refractivity contribution in [2.45, 2.75) is 13.3 Å². The largest absolute Gasteiger partial charge is 0.452 e. The lowest BCUT2D eigenvalue weighted by molar-refractivity contribution is -0.125. The van der Waals surface area contributed by atoms with E-state index in [4.69, 9.17) is 5.41 Å². The molecule has 5 nitrogen and oxygen atoms in total. The lowest BCUT2D eigenvalue weighted by Gasteiger charge is -2.17. The molecule has 2 amide bonds. The monoisotopic (exact) mass is 204 g/mol. The van der Waals surface area contributed by atoms with Gasteiger partial charge in [0.05, 0.1) is 7.11 Å². The SMILES string of the molecule is CCC(=O)N(C(=N)SC)C(=O)OC. The minimum atomic E-state index is -0.814. The van der Waals surface area contributed by atoms with Crippen molar-refractivity contribution >= 4 is 28.9 Å². The quantitative estimate of drug-likeness (QED) is 0.516. The van der Waals surface area contributed by atoms with Crippen molar-refractivity contribution in [2.75, 3.05) is 13.4 Å². The van der Waals surface area contributed by atoms with Gasteiger partial charge in [0, 0.05) is 6.42 Å². The second-order valence-electron chi connectivity index (χ2n) is 2.06. The van der Waals surface area contributed by atoms with E-state index in [2.05, 4.69) is 4.74 Å². The normalized spacial score (nSPS) is 9.15. The summed E-state index contributed by atoms with van der Waals surface area (Å²) in [6.45, 7) is 1.62. The number of thioether (sulfide) groups is 1. The summed E-state index contributed by atoms with van der Waals surface area (Å²) in [6.07, 6.45) is 0.963. The number of methoxy groups -OCH3 is 1. The van der Waals surface area contributed by atoms with Gasteiger partial charge in [0.2, 0.25) is 5.91 Å². The van der Waals surface area contributed by atoms with Crippen LogP contribution in [0.25, 0.3) is 0 Å². The van der Waals surface area contributed by atoms with E-state index in [1.165, 1.54) is 7.11 Å². The Morgan fingerprint density at radius 2 is 2.08 bits per heavy atom. The third kappa shape index (κ3) is 3.06. The summed E-state index contributed by atoms with van der Waals surface area (Å²) in [5.74, 6) is -0.439. The highest BCUT2D eigenvalue weighted by Gasteiger charge is 2.24. The molecule has 0 rings (SSSR count). The van der Waals surface area contributed by atoms with Gasteiger partial charge in [-0.05, 0) is 6.26 Å². The third-order valence-electron chi connectivity index (χ3n) is 1.31. The van der Waals surface area contributed by atoms with Crippen molar-refractivity contribution in [3.05, 3.63) is 0 Å². The zero-order valence-electron chi connectivity index (χ0n) is 7.79. The average molecular weight is 204 g/mol. The molecule has 13 heavy (non-hydrogen) atoms. The summed E-state index contributed by atoms with van der Waals surface area (Å²) >= 11 is 1.01. The number of hydrogen-bond donors (Lipinski definition) is 1. The lowest BCUT2D eigenvalue weighted by Crippen LogP contribution is -2.39. The van der Waals surface area contributed by atoms with Gasteiger partial charge >= 0.3 is 6.09 Å². The van der Waals surface area contributed by atoms with Crippen molar-refractivity contribution in [1.82, 2.24) is 4.90 Å². The van der Waals surface area contributed by atoms with Gasteiger partial charge < -0.3 is 4.74 Å². The van der Waals surface area contributed by atoms with Gasteiger partial charge in [-0.25, -0.2) is 4.79 Å². The highest BCUT2D eigenvalue weighted by atomic mass is 32.2. The topological polar surface area (TPSA) is 70.5 Å². The maximum Gasteiger partial charge on any atom is 0.422 e. The molecule has 0 atom stereocenters. The minimum Gasteiger partial charge on any atom is -0.452 e. The molecule has 6 heteroatoms. The summed E-state index contributed by atoms with van der Waals surface area (Å²) in [4.78, 5) is 22.9. The number of ether oxygens (including phenoxy) is 1. The molecule has 1 N–H and O–H groups in total. The molecule has 0 bridgehead atoms. The van der Waals surface area contributed by atoms with Crippen LogP contribution in [-0.4, -0.2) is 35.4 Å². The molecule has 0 aliphatic carbocycles. The molecule has 0 aliphatic rings. The predicted molar refractivity (Wildman–Crippen MR) is 50.8 cm³/mol. The van der Waals surface area contributed by atoms with Crippen LogP contribution in [0, 0.1) is 5.41 Å². The second-order valence-corrected chi connectivity index (χ2v) is 2.86. The summed E-state index contributed by atoms with van der Waals surface area (Å²) < 4.78 is 4.37. The van der Waals surface area contributed by atoms with Gasteiger partial charge in [-0.2, -0.15) is 4.90 Å². The molecule has 0 saturated heterocycles. The highest BCUT2D eigenvalue weighted by Crippen LogP contribution is 2.06. The van der Waals surface area contributed by atoms with E-state index in [1.807, 2.05) is 0 Å². The van der Waals surface area contributed by atoms with E-state index < -0.39 is 12.0 Å². The number of carbonyl (C=O) groups is 2. The fraction of sp³-hybridized carbons (Fsp3) is 0.571. The molecule has 0 aliphatic heterocycles. The lowest BCUT2D eigenvalue weighted by atomic mass is 10.4. The van der Waals surface area contributed by atoms with Crippen LogP contribution in [0.2, 0.25) is 0 Å². The highest BCUT2D eigenvalue weighted by molar-refractivity contribution is 8.13. The Morgan fingerprint density at radius 1 is 1.54 bits per heavy atom. The summed E-state index contributed by atoms with van der Waals surface area (Å²) in [7, 11) is 1.17. The number of nitrogens with one attached hydrogen (secondary N) is 1. The molecule has 0 fully saturated rings. The first-order valence-electron chi connectivity index (χ1n) is 3.61. The third-order valence-corrected chi connectivity index (χ3v) is 1.87. The first-order chi connectivity index (χ1) is 6.08. The van der Waals surface area contributed by atoms with E-state index >= 15 is 0 Å². The molecule has 0 aromatic rings. The van der Waals surface area contributed by atoms with Gasteiger partial charge in [0.1, 0.15) is 0 Å². The second kappa shape index (κ2) is 5.58. The first kappa shape index (κ1) is 12.0. The number of imide groups is 1. The van der Waals surface area contributed by atoms with Crippen molar-refractivity contribution in [1.29, 1.82) is 5.41 Å². The van der Waals surface area contributed by atoms with Crippen molar-refractivity contribution in [2.24, 2.45) is 0 Å². The fourth-order valence-electron chi connectivity index (χ4n) is 0.639. The molecule has 0 aromatic heterocycles. The number of amides is 2. The summed E-state index contributed by atoms with van der Waals surface area (Å²) in [5, 5.41) is 7.20. The Hall–Kier alpha value is -1.04. The number of nitrogens with zero attached hydrogens (tertiary/aromatic N) is 1. The van der Waals surface area contributed by atoms with Crippen molar-refractivity contribution < 1.29 is 14.3 Å². The maximum absolute atomic E-state index is 11.2. The molecule has 0 saturated carbocycles. The fourth-order valence-corrected chi connectivity index (χ4v) is 0.998. The first-order valence-corrected chi connectivity index (χ1v) is 4.84. The molecule has 0 spiro atoms. The zero-order valence-corrected chi connectivity index (χ0v) is 8.60. The Labute approximate surface area is 80.9 Å². The van der Waals surface area contributed by atoms with Crippen LogP contribution >= 0.6 is 11.8 Å². The predicted octanol–water partition coefficient (Wildman–Crippen LogP) is 1.29. The Balaban J connectivity index is 4.64. The van der Waals surface area contributed by atoms with Gasteiger partial charge in [-0.3, -0.25) is 10.2 Å². The van der Waals surface area contributed by atoms with Crippen molar-refractivity contribution in [3.8, 4) is 0 Å². The number of hydrogen-bond acceptors (Lipinski definition) is 5. The van der Waals surface area contributed by atoms with Gasteiger partial charge in [0.15, 0.2) is 5.17 Å². The molecule has 0 unspecified atom stereocenters. The van der Waals surface area contributed by atoms with E-state index in [-0.39, 0.29) is 11.6 Å². The van der Waals surface area contributed by atoms with Gasteiger partial charge in [-0.1, -0.05) is 18.7 Å². The van der Waals surface area contributed by atoms with Crippen LogP contribution in [-0.2, 0) is 9.53 Å². The van der Waals surface area contributed by atoms with E-state index in [0.717, 1.165) is 11.8 Å². The standard InChI is InChI=1S/C7H12N2O3S/c1-4-5(10)9(6(8)13-3)7(11)12-2/h8H,4H2,1-3H3. The van der Waals surface area contributed by atoms with Crippen LogP contribution in [0.15, 0.2) is 0 Å². The molecule has 0 radical (unpaired) electrons. The van der Waals surface area contributed by atoms with E-state index in [0.29, 0.717) is 4.90 Å². The van der Waals surface area contributed by atoms with Gasteiger partial charge in [-0.15, -0.1) is 0 Å². The van der Waals surface area contributed by atoms with Crippen LogP contribution in [0.5, 0.6) is 0 Å². The molecule has 0 aromatic carbocycles. The van der Waals surface area contributed by atoms with Crippen LogP contribution in [0.4, 0.5) is 4.79 Å². The molecule has 74 valence electrons.